The van der Waals surface area contributed by atoms with Gasteiger partial charge in [-0.15, -0.1) is 0 Å². The Morgan fingerprint density at radius 2 is 1.90 bits per heavy atom. The minimum Gasteiger partial charge on any atom is -0.389 e. The van der Waals surface area contributed by atoms with E-state index in [0.29, 0.717) is 21.9 Å². The number of nitrogens with zero attached hydrogens (tertiary/aromatic N) is 1. The Hall–Kier alpha value is -0.980. The molecule has 0 aliphatic heterocycles. The van der Waals surface area contributed by atoms with E-state index in [1.165, 1.54) is 4.31 Å². The molecule has 1 aromatic rings. The normalized spacial score (nSPS) is 13.7. The van der Waals surface area contributed by atoms with Crippen molar-refractivity contribution in [2.75, 3.05) is 7.05 Å². The van der Waals surface area contributed by atoms with E-state index in [4.69, 9.17) is 18.0 Å². The third-order valence-corrected chi connectivity index (χ3v) is 5.92. The Bertz CT molecular complexity index is 625. The van der Waals surface area contributed by atoms with Crippen molar-refractivity contribution in [1.82, 2.24) is 4.31 Å². The molecule has 0 amide bonds. The first kappa shape index (κ1) is 18.1. The molecule has 0 saturated heterocycles. The maximum absolute atomic E-state index is 12.7. The maximum Gasteiger partial charge on any atom is 0.243 e. The van der Waals surface area contributed by atoms with Crippen LogP contribution in [0.1, 0.15) is 38.3 Å². The third kappa shape index (κ3) is 4.25. The summed E-state index contributed by atoms with van der Waals surface area (Å²) in [6, 6.07) is 4.90. The smallest absolute Gasteiger partial charge is 0.243 e. The predicted octanol–water partition coefficient (Wildman–Crippen LogP) is 2.68. The largest absolute Gasteiger partial charge is 0.389 e. The Labute approximate surface area is 133 Å². The monoisotopic (exact) mass is 328 g/mol. The van der Waals surface area contributed by atoms with Gasteiger partial charge in [0.2, 0.25) is 10.0 Å². The molecule has 0 fully saturated rings. The fourth-order valence-electron chi connectivity index (χ4n) is 2.31. The molecule has 0 bridgehead atoms. The van der Waals surface area contributed by atoms with Crippen molar-refractivity contribution in [2.45, 2.75) is 45.1 Å². The minimum atomic E-state index is -3.51. The lowest BCUT2D eigenvalue weighted by atomic mass is 10.1. The van der Waals surface area contributed by atoms with Crippen LogP contribution in [0.25, 0.3) is 0 Å². The highest BCUT2D eigenvalue weighted by Crippen LogP contribution is 2.23. The van der Waals surface area contributed by atoms with Gasteiger partial charge >= 0.3 is 0 Å². The molecule has 21 heavy (non-hydrogen) atoms. The van der Waals surface area contributed by atoms with Gasteiger partial charge in [0.15, 0.2) is 0 Å². The quantitative estimate of drug-likeness (QED) is 0.816. The van der Waals surface area contributed by atoms with E-state index in [9.17, 15) is 8.42 Å². The molecule has 1 unspecified atom stereocenters. The number of rotatable bonds is 6. The van der Waals surface area contributed by atoms with Crippen molar-refractivity contribution in [3.8, 4) is 0 Å². The zero-order chi connectivity index (χ0) is 16.4. The number of nitrogens with two attached hydrogens (primary N) is 1. The first-order chi connectivity index (χ1) is 9.57. The second-order valence-corrected chi connectivity index (χ2v) is 8.25. The van der Waals surface area contributed by atoms with Crippen molar-refractivity contribution < 1.29 is 8.42 Å². The number of sulfonamides is 1. The SMILES string of the molecule is Cc1cc(C(N)=S)ccc1S(=O)(=O)N(C)C(C)CC(C)C. The van der Waals surface area contributed by atoms with Crippen LogP contribution in [0.3, 0.4) is 0 Å². The van der Waals surface area contributed by atoms with Gasteiger partial charge in [-0.25, -0.2) is 8.42 Å². The predicted molar refractivity (Wildman–Crippen MR) is 90.9 cm³/mol. The second kappa shape index (κ2) is 6.85. The molecular weight excluding hydrogens is 304 g/mol. The van der Waals surface area contributed by atoms with Crippen molar-refractivity contribution in [1.29, 1.82) is 0 Å². The van der Waals surface area contributed by atoms with E-state index < -0.39 is 10.0 Å². The summed E-state index contributed by atoms with van der Waals surface area (Å²) in [7, 11) is -1.88. The Morgan fingerprint density at radius 3 is 2.33 bits per heavy atom. The molecule has 2 N–H and O–H groups in total. The van der Waals surface area contributed by atoms with Crippen LogP contribution >= 0.6 is 12.2 Å². The standard InChI is InChI=1S/C15H24N2O2S2/c1-10(2)8-12(4)17(5)21(18,19)14-7-6-13(15(16)20)9-11(14)3/h6-7,9-10,12H,8H2,1-5H3,(H2,16,20). The van der Waals surface area contributed by atoms with Gasteiger partial charge in [-0.1, -0.05) is 32.1 Å². The zero-order valence-electron chi connectivity index (χ0n) is 13.3. The first-order valence-corrected chi connectivity index (χ1v) is 8.80. The van der Waals surface area contributed by atoms with Crippen LogP contribution in [0.5, 0.6) is 0 Å². The summed E-state index contributed by atoms with van der Waals surface area (Å²) in [6.45, 7) is 7.85. The Balaban J connectivity index is 3.16. The molecule has 0 spiro atoms. The lowest BCUT2D eigenvalue weighted by Crippen LogP contribution is -2.36. The van der Waals surface area contributed by atoms with Crippen molar-refractivity contribution >= 4 is 27.2 Å². The lowest BCUT2D eigenvalue weighted by Gasteiger charge is -2.26. The minimum absolute atomic E-state index is 0.0512. The molecule has 4 nitrogen and oxygen atoms in total. The summed E-state index contributed by atoms with van der Waals surface area (Å²) in [4.78, 5) is 0.573. The highest BCUT2D eigenvalue weighted by molar-refractivity contribution is 7.89. The van der Waals surface area contributed by atoms with Crippen LogP contribution in [0.15, 0.2) is 23.1 Å². The first-order valence-electron chi connectivity index (χ1n) is 6.95. The van der Waals surface area contributed by atoms with Crippen LogP contribution in [0.4, 0.5) is 0 Å². The lowest BCUT2D eigenvalue weighted by molar-refractivity contribution is 0.337. The molecule has 0 aromatic heterocycles. The van der Waals surface area contributed by atoms with Crippen LogP contribution < -0.4 is 5.73 Å². The molecule has 0 saturated carbocycles. The fourth-order valence-corrected chi connectivity index (χ4v) is 4.02. The van der Waals surface area contributed by atoms with E-state index in [1.54, 1.807) is 32.2 Å². The molecule has 118 valence electrons. The highest BCUT2D eigenvalue weighted by Gasteiger charge is 2.27. The van der Waals surface area contributed by atoms with Crippen LogP contribution in [-0.2, 0) is 10.0 Å². The summed E-state index contributed by atoms with van der Waals surface area (Å²) in [5, 5.41) is 0. The van der Waals surface area contributed by atoms with Gasteiger partial charge in [0, 0.05) is 18.7 Å². The average Bonchev–Trinajstić information content (AvgIpc) is 2.36. The van der Waals surface area contributed by atoms with Gasteiger partial charge < -0.3 is 5.73 Å². The van der Waals surface area contributed by atoms with Crippen LogP contribution in [0.2, 0.25) is 0 Å². The summed E-state index contributed by atoms with van der Waals surface area (Å²) < 4.78 is 26.9. The summed E-state index contributed by atoms with van der Waals surface area (Å²) >= 11 is 4.92. The number of aryl methyl sites for hydroxylation is 1. The van der Waals surface area contributed by atoms with Gasteiger partial charge in [-0.2, -0.15) is 4.31 Å². The number of benzene rings is 1. The molecule has 1 rings (SSSR count). The fraction of sp³-hybridized carbons (Fsp3) is 0.533. The molecule has 6 heteroatoms. The van der Waals surface area contributed by atoms with Gasteiger partial charge in [-0.3, -0.25) is 0 Å². The topological polar surface area (TPSA) is 63.4 Å². The van der Waals surface area contributed by atoms with E-state index in [1.807, 2.05) is 6.92 Å². The highest BCUT2D eigenvalue weighted by atomic mass is 32.2. The van der Waals surface area contributed by atoms with Gasteiger partial charge in [0.25, 0.3) is 0 Å². The Kier molecular flexibility index (Phi) is 5.90. The second-order valence-electron chi connectivity index (χ2n) is 5.84. The number of thiocarbonyl (C=S) groups is 1. The molecule has 0 aliphatic rings. The summed E-state index contributed by atoms with van der Waals surface area (Å²) in [5.41, 5.74) is 6.91. The molecular formula is C15H24N2O2S2. The van der Waals surface area contributed by atoms with E-state index >= 15 is 0 Å². The van der Waals surface area contributed by atoms with Gasteiger partial charge in [0.1, 0.15) is 4.99 Å². The number of hydrogen-bond acceptors (Lipinski definition) is 3. The summed E-state index contributed by atoms with van der Waals surface area (Å²) in [5.74, 6) is 0.440. The zero-order valence-corrected chi connectivity index (χ0v) is 14.9. The molecule has 0 radical (unpaired) electrons. The molecule has 0 heterocycles. The van der Waals surface area contributed by atoms with Crippen molar-refractivity contribution in [3.05, 3.63) is 29.3 Å². The van der Waals surface area contributed by atoms with Gasteiger partial charge in [-0.05, 0) is 43.9 Å². The molecule has 1 aromatic carbocycles. The van der Waals surface area contributed by atoms with E-state index in [-0.39, 0.29) is 11.0 Å². The molecule has 0 aliphatic carbocycles. The van der Waals surface area contributed by atoms with Crippen LogP contribution in [-0.4, -0.2) is 30.8 Å². The average molecular weight is 329 g/mol. The molecule has 1 atom stereocenters. The van der Waals surface area contributed by atoms with Gasteiger partial charge in [0.05, 0.1) is 4.90 Å². The van der Waals surface area contributed by atoms with Crippen LogP contribution in [0, 0.1) is 12.8 Å². The number of hydrogen-bond donors (Lipinski definition) is 1. The van der Waals surface area contributed by atoms with Crippen molar-refractivity contribution in [3.63, 3.8) is 0 Å². The Morgan fingerprint density at radius 1 is 1.33 bits per heavy atom. The third-order valence-electron chi connectivity index (χ3n) is 3.55. The van der Waals surface area contributed by atoms with Crippen molar-refractivity contribution in [2.24, 2.45) is 11.7 Å². The van der Waals surface area contributed by atoms with E-state index in [2.05, 4.69) is 13.8 Å². The summed E-state index contributed by atoms with van der Waals surface area (Å²) in [6.07, 6.45) is 0.819. The van der Waals surface area contributed by atoms with E-state index in [0.717, 1.165) is 6.42 Å². The maximum atomic E-state index is 12.7.